The zero-order valence-corrected chi connectivity index (χ0v) is 10.7. The van der Waals surface area contributed by atoms with Gasteiger partial charge in [-0.1, -0.05) is 12.1 Å². The van der Waals surface area contributed by atoms with Crippen LogP contribution in [0.4, 0.5) is 11.4 Å². The summed E-state index contributed by atoms with van der Waals surface area (Å²) in [6.45, 7) is 2.04. The Bertz CT molecular complexity index is 512. The maximum absolute atomic E-state index is 11.6. The molecule has 0 saturated heterocycles. The Hall–Kier alpha value is -2.01. The van der Waals surface area contributed by atoms with E-state index < -0.39 is 5.97 Å². The highest BCUT2D eigenvalue weighted by Crippen LogP contribution is 2.27. The van der Waals surface area contributed by atoms with E-state index in [9.17, 15) is 4.79 Å². The molecule has 0 unspecified atom stereocenters. The number of benzene rings is 1. The Balaban J connectivity index is 0.00000162. The largest absolute Gasteiger partial charge is 0.462 e. The Morgan fingerprint density at radius 1 is 1.44 bits per heavy atom. The van der Waals surface area contributed by atoms with Crippen molar-refractivity contribution in [2.24, 2.45) is 10.7 Å². The molecule has 0 aliphatic carbocycles. The third-order valence-electron chi connectivity index (χ3n) is 2.29. The highest BCUT2D eigenvalue weighted by molar-refractivity contribution is 6.19. The fourth-order valence-electron chi connectivity index (χ4n) is 1.48. The number of fused-ring (bicyclic) bond motifs is 1. The van der Waals surface area contributed by atoms with E-state index in [4.69, 9.17) is 10.5 Å². The van der Waals surface area contributed by atoms with Crippen LogP contribution < -0.4 is 11.1 Å². The minimum absolute atomic E-state index is 0. The van der Waals surface area contributed by atoms with E-state index in [1.54, 1.807) is 6.92 Å². The number of carbonyl (C=O) groups excluding carboxylic acids is 1. The molecule has 0 atom stereocenters. The zero-order chi connectivity index (χ0) is 12.3. The summed E-state index contributed by atoms with van der Waals surface area (Å²) in [6, 6.07) is 7.40. The van der Waals surface area contributed by atoms with E-state index in [2.05, 4.69) is 10.3 Å². The molecule has 2 rings (SSSR count). The summed E-state index contributed by atoms with van der Waals surface area (Å²) in [5.41, 5.74) is 7.50. The van der Waals surface area contributed by atoms with E-state index in [0.717, 1.165) is 5.69 Å². The molecule has 1 heterocycles. The van der Waals surface area contributed by atoms with Crippen molar-refractivity contribution in [3.63, 3.8) is 0 Å². The number of esters is 1. The van der Waals surface area contributed by atoms with E-state index in [0.29, 0.717) is 12.3 Å². The predicted octanol–water partition coefficient (Wildman–Crippen LogP) is 1.97. The van der Waals surface area contributed by atoms with E-state index in [1.165, 1.54) is 6.20 Å². The molecule has 6 heteroatoms. The number of anilines is 1. The van der Waals surface area contributed by atoms with Crippen LogP contribution in [0.25, 0.3) is 0 Å². The van der Waals surface area contributed by atoms with Gasteiger partial charge in [0.15, 0.2) is 0 Å². The third-order valence-corrected chi connectivity index (χ3v) is 2.29. The van der Waals surface area contributed by atoms with Crippen LogP contribution in [-0.2, 0) is 9.53 Å². The predicted molar refractivity (Wildman–Crippen MR) is 73.3 cm³/mol. The second-order valence-electron chi connectivity index (χ2n) is 3.44. The van der Waals surface area contributed by atoms with E-state index in [-0.39, 0.29) is 23.8 Å². The number of nitrogens with two attached hydrogens (primary N) is 1. The van der Waals surface area contributed by atoms with Crippen LogP contribution in [0, 0.1) is 0 Å². The first kappa shape index (κ1) is 14.1. The first-order chi connectivity index (χ1) is 8.22. The summed E-state index contributed by atoms with van der Waals surface area (Å²) in [5.74, 6) is -0.324. The number of rotatable bonds is 2. The van der Waals surface area contributed by atoms with Gasteiger partial charge in [0.25, 0.3) is 0 Å². The van der Waals surface area contributed by atoms with Crippen molar-refractivity contribution in [3.8, 4) is 0 Å². The highest BCUT2D eigenvalue weighted by Gasteiger charge is 2.18. The monoisotopic (exact) mass is 267 g/mol. The average Bonchev–Trinajstić information content (AvgIpc) is 2.47. The van der Waals surface area contributed by atoms with Crippen molar-refractivity contribution in [3.05, 3.63) is 36.0 Å². The van der Waals surface area contributed by atoms with Crippen molar-refractivity contribution in [2.75, 3.05) is 11.9 Å². The first-order valence-corrected chi connectivity index (χ1v) is 5.29. The number of carbonyl (C=O) groups is 1. The summed E-state index contributed by atoms with van der Waals surface area (Å²) in [4.78, 5) is 15.8. The summed E-state index contributed by atoms with van der Waals surface area (Å²) >= 11 is 0. The van der Waals surface area contributed by atoms with Gasteiger partial charge in [0.05, 0.1) is 18.0 Å². The molecule has 0 fully saturated rings. The zero-order valence-electron chi connectivity index (χ0n) is 9.84. The lowest BCUT2D eigenvalue weighted by atomic mass is 10.2. The Morgan fingerprint density at radius 3 is 2.89 bits per heavy atom. The number of nitrogens with zero attached hydrogens (tertiary/aromatic N) is 1. The number of hydrogen-bond acceptors (Lipinski definition) is 5. The molecular weight excluding hydrogens is 254 g/mol. The minimum atomic E-state index is -0.478. The van der Waals surface area contributed by atoms with E-state index in [1.807, 2.05) is 24.3 Å². The van der Waals surface area contributed by atoms with Gasteiger partial charge in [0.2, 0.25) is 0 Å². The maximum Gasteiger partial charge on any atom is 0.343 e. The molecule has 5 nitrogen and oxygen atoms in total. The number of aliphatic imine (C=N–C) groups is 1. The van der Waals surface area contributed by atoms with Crippen LogP contribution in [0.15, 0.2) is 41.0 Å². The lowest BCUT2D eigenvalue weighted by molar-refractivity contribution is -0.137. The maximum atomic E-state index is 11.6. The first-order valence-electron chi connectivity index (χ1n) is 5.29. The van der Waals surface area contributed by atoms with Crippen molar-refractivity contribution in [1.82, 2.24) is 0 Å². The normalized spacial score (nSPS) is 12.9. The van der Waals surface area contributed by atoms with Gasteiger partial charge in [-0.3, -0.25) is 0 Å². The number of nitrogens with one attached hydrogen (secondary N) is 1. The van der Waals surface area contributed by atoms with Crippen molar-refractivity contribution < 1.29 is 9.53 Å². The Morgan fingerprint density at radius 2 is 2.17 bits per heavy atom. The number of hydrogen-bond donors (Lipinski definition) is 2. The molecule has 0 aromatic heterocycles. The number of para-hydroxylation sites is 2. The lowest BCUT2D eigenvalue weighted by Crippen LogP contribution is -2.23. The summed E-state index contributed by atoms with van der Waals surface area (Å²) in [5, 5.41) is 2.99. The molecule has 0 spiro atoms. The molecule has 3 N–H and O–H groups in total. The molecular formula is C12H14ClN3O2. The van der Waals surface area contributed by atoms with Crippen LogP contribution >= 0.6 is 12.4 Å². The molecule has 0 radical (unpaired) electrons. The Labute approximate surface area is 111 Å². The van der Waals surface area contributed by atoms with Gasteiger partial charge < -0.3 is 15.8 Å². The van der Waals surface area contributed by atoms with Gasteiger partial charge in [-0.2, -0.15) is 0 Å². The average molecular weight is 268 g/mol. The van der Waals surface area contributed by atoms with Crippen LogP contribution in [0.3, 0.4) is 0 Å². The van der Waals surface area contributed by atoms with Gasteiger partial charge in [-0.25, -0.2) is 9.79 Å². The van der Waals surface area contributed by atoms with Gasteiger partial charge in [-0.05, 0) is 19.1 Å². The highest BCUT2D eigenvalue weighted by atomic mass is 35.5. The third kappa shape index (κ3) is 2.81. The van der Waals surface area contributed by atoms with Crippen molar-refractivity contribution in [1.29, 1.82) is 0 Å². The van der Waals surface area contributed by atoms with Crippen LogP contribution in [-0.4, -0.2) is 18.4 Å². The SMILES string of the molecule is CCOC(=O)C1=CNc2ccccc2N=C1N.Cl. The van der Waals surface area contributed by atoms with Crippen molar-refractivity contribution >= 4 is 35.6 Å². The second kappa shape index (κ2) is 6.07. The van der Waals surface area contributed by atoms with Gasteiger partial charge in [-0.15, -0.1) is 12.4 Å². The smallest absolute Gasteiger partial charge is 0.343 e. The fourth-order valence-corrected chi connectivity index (χ4v) is 1.48. The number of halogens is 1. The standard InChI is InChI=1S/C12H13N3O2.ClH/c1-2-17-12(16)8-7-14-9-5-3-4-6-10(9)15-11(8)13;/h3-7,14H,2H2,1H3,(H2,13,15);1H. The van der Waals surface area contributed by atoms with Gasteiger partial charge in [0, 0.05) is 6.20 Å². The molecule has 96 valence electrons. The molecule has 0 amide bonds. The van der Waals surface area contributed by atoms with Crippen LogP contribution in [0.5, 0.6) is 0 Å². The summed E-state index contributed by atoms with van der Waals surface area (Å²) < 4.78 is 4.90. The van der Waals surface area contributed by atoms with E-state index >= 15 is 0 Å². The topological polar surface area (TPSA) is 76.7 Å². The second-order valence-corrected chi connectivity index (χ2v) is 3.44. The van der Waals surface area contributed by atoms with Crippen molar-refractivity contribution in [2.45, 2.75) is 6.92 Å². The molecule has 1 aromatic rings. The molecule has 1 aliphatic heterocycles. The molecule has 0 bridgehead atoms. The molecule has 1 aromatic carbocycles. The molecule has 1 aliphatic rings. The minimum Gasteiger partial charge on any atom is -0.462 e. The van der Waals surface area contributed by atoms with Crippen LogP contribution in [0.1, 0.15) is 6.92 Å². The molecule has 0 saturated carbocycles. The lowest BCUT2D eigenvalue weighted by Gasteiger charge is -2.04. The number of amidine groups is 1. The molecule has 18 heavy (non-hydrogen) atoms. The van der Waals surface area contributed by atoms with Gasteiger partial charge in [0.1, 0.15) is 11.4 Å². The summed E-state index contributed by atoms with van der Waals surface area (Å²) in [6.07, 6.45) is 1.52. The Kier molecular flexibility index (Phi) is 4.74. The summed E-state index contributed by atoms with van der Waals surface area (Å²) in [7, 11) is 0. The fraction of sp³-hybridized carbons (Fsp3) is 0.167. The van der Waals surface area contributed by atoms with Gasteiger partial charge >= 0.3 is 5.97 Å². The number of ether oxygens (including phenoxy) is 1. The van der Waals surface area contributed by atoms with Crippen LogP contribution in [0.2, 0.25) is 0 Å². The quantitative estimate of drug-likeness (QED) is 0.803.